The summed E-state index contributed by atoms with van der Waals surface area (Å²) in [5, 5.41) is 8.11. The molecule has 88 valence electrons. The van der Waals surface area contributed by atoms with E-state index >= 15 is 0 Å². The van der Waals surface area contributed by atoms with Crippen molar-refractivity contribution in [3.05, 3.63) is 24.3 Å². The molecule has 1 saturated carbocycles. The number of ketones is 1. The van der Waals surface area contributed by atoms with Crippen LogP contribution in [0, 0.1) is 5.92 Å². The molecule has 1 aromatic carbocycles. The molecule has 0 saturated heterocycles. The first kappa shape index (κ1) is 10.4. The summed E-state index contributed by atoms with van der Waals surface area (Å²) < 4.78 is 1.72. The summed E-state index contributed by atoms with van der Waals surface area (Å²) >= 11 is 0. The summed E-state index contributed by atoms with van der Waals surface area (Å²) in [6.45, 7) is 0.366. The van der Waals surface area contributed by atoms with Crippen molar-refractivity contribution in [2.75, 3.05) is 0 Å². The van der Waals surface area contributed by atoms with Crippen molar-refractivity contribution in [3.63, 3.8) is 0 Å². The first-order valence-electron chi connectivity index (χ1n) is 6.15. The zero-order chi connectivity index (χ0) is 11.7. The van der Waals surface area contributed by atoms with Gasteiger partial charge < -0.3 is 0 Å². The third-order valence-corrected chi connectivity index (χ3v) is 3.54. The maximum atomic E-state index is 12.1. The van der Waals surface area contributed by atoms with E-state index in [1.807, 2.05) is 24.3 Å². The Hall–Kier alpha value is -1.71. The molecular formula is C13H15N3O. The number of rotatable bonds is 3. The molecular weight excluding hydrogens is 214 g/mol. The lowest BCUT2D eigenvalue weighted by Crippen LogP contribution is -2.18. The highest BCUT2D eigenvalue weighted by Crippen LogP contribution is 2.26. The van der Waals surface area contributed by atoms with Gasteiger partial charge in [0.15, 0.2) is 5.78 Å². The molecule has 0 bridgehead atoms. The van der Waals surface area contributed by atoms with Crippen LogP contribution in [0.4, 0.5) is 0 Å². The Balaban J connectivity index is 1.82. The second-order valence-electron chi connectivity index (χ2n) is 4.68. The number of Topliss-reactive ketones (excluding diaryl/α,β-unsaturated/α-hetero) is 1. The van der Waals surface area contributed by atoms with E-state index in [1.54, 1.807) is 4.68 Å². The summed E-state index contributed by atoms with van der Waals surface area (Å²) in [6, 6.07) is 7.75. The number of nitrogens with zero attached hydrogens (tertiary/aromatic N) is 3. The number of aromatic nitrogens is 3. The van der Waals surface area contributed by atoms with Crippen LogP contribution in [0.1, 0.15) is 25.7 Å². The summed E-state index contributed by atoms with van der Waals surface area (Å²) in [6.07, 6.45) is 4.47. The van der Waals surface area contributed by atoms with Crippen LogP contribution in [-0.2, 0) is 11.3 Å². The first-order chi connectivity index (χ1) is 8.34. The van der Waals surface area contributed by atoms with Crippen molar-refractivity contribution < 1.29 is 4.79 Å². The van der Waals surface area contributed by atoms with Gasteiger partial charge in [0.25, 0.3) is 0 Å². The van der Waals surface area contributed by atoms with Gasteiger partial charge in [-0.2, -0.15) is 0 Å². The van der Waals surface area contributed by atoms with Crippen molar-refractivity contribution in [2.24, 2.45) is 5.92 Å². The van der Waals surface area contributed by atoms with Crippen LogP contribution >= 0.6 is 0 Å². The van der Waals surface area contributed by atoms with E-state index in [2.05, 4.69) is 10.3 Å². The largest absolute Gasteiger partial charge is 0.297 e. The predicted molar refractivity (Wildman–Crippen MR) is 64.5 cm³/mol. The van der Waals surface area contributed by atoms with Crippen LogP contribution in [0.25, 0.3) is 11.0 Å². The molecule has 0 unspecified atom stereocenters. The van der Waals surface area contributed by atoms with E-state index in [1.165, 1.54) is 12.8 Å². The highest BCUT2D eigenvalue weighted by Gasteiger charge is 2.23. The molecule has 0 aliphatic heterocycles. The monoisotopic (exact) mass is 229 g/mol. The average Bonchev–Trinajstić information content (AvgIpc) is 2.98. The number of fused-ring (bicyclic) bond motifs is 1. The van der Waals surface area contributed by atoms with Gasteiger partial charge in [0.1, 0.15) is 12.1 Å². The molecule has 1 aliphatic carbocycles. The molecule has 0 spiro atoms. The minimum absolute atomic E-state index is 0.248. The van der Waals surface area contributed by atoms with Gasteiger partial charge in [-0.15, -0.1) is 5.10 Å². The van der Waals surface area contributed by atoms with E-state index in [0.717, 1.165) is 23.9 Å². The molecule has 4 nitrogen and oxygen atoms in total. The molecule has 3 rings (SSSR count). The number of hydrogen-bond donors (Lipinski definition) is 0. The first-order valence-corrected chi connectivity index (χ1v) is 6.15. The Morgan fingerprint density at radius 1 is 1.29 bits per heavy atom. The second-order valence-corrected chi connectivity index (χ2v) is 4.68. The van der Waals surface area contributed by atoms with Gasteiger partial charge in [-0.05, 0) is 25.0 Å². The van der Waals surface area contributed by atoms with E-state index < -0.39 is 0 Å². The zero-order valence-corrected chi connectivity index (χ0v) is 9.67. The minimum atomic E-state index is 0.248. The van der Waals surface area contributed by atoms with Crippen LogP contribution < -0.4 is 0 Å². The number of hydrogen-bond acceptors (Lipinski definition) is 3. The summed E-state index contributed by atoms with van der Waals surface area (Å²) in [5.74, 6) is 0.552. The smallest absolute Gasteiger partial charge is 0.157 e. The average molecular weight is 229 g/mol. The Labute approximate surface area is 99.6 Å². The third kappa shape index (κ3) is 1.95. The maximum Gasteiger partial charge on any atom is 0.157 e. The van der Waals surface area contributed by atoms with Gasteiger partial charge in [0.2, 0.25) is 0 Å². The van der Waals surface area contributed by atoms with Crippen molar-refractivity contribution in [1.82, 2.24) is 15.0 Å². The van der Waals surface area contributed by atoms with Crippen molar-refractivity contribution >= 4 is 16.8 Å². The molecule has 1 fully saturated rings. The fourth-order valence-electron chi connectivity index (χ4n) is 2.56. The Bertz CT molecular complexity index is 540. The van der Waals surface area contributed by atoms with E-state index in [0.29, 0.717) is 12.3 Å². The Morgan fingerprint density at radius 2 is 2.06 bits per heavy atom. The van der Waals surface area contributed by atoms with Crippen LogP contribution in [0.3, 0.4) is 0 Å². The minimum Gasteiger partial charge on any atom is -0.297 e. The molecule has 1 aromatic heterocycles. The summed E-state index contributed by atoms with van der Waals surface area (Å²) in [7, 11) is 0. The van der Waals surface area contributed by atoms with Crippen LogP contribution in [0.2, 0.25) is 0 Å². The van der Waals surface area contributed by atoms with Gasteiger partial charge in [-0.25, -0.2) is 4.68 Å². The van der Waals surface area contributed by atoms with Gasteiger partial charge in [-0.3, -0.25) is 4.79 Å². The lowest BCUT2D eigenvalue weighted by atomic mass is 10.0. The number of carbonyl (C=O) groups is 1. The van der Waals surface area contributed by atoms with Crippen LogP contribution in [0.5, 0.6) is 0 Å². The molecule has 2 aromatic rings. The van der Waals surface area contributed by atoms with Crippen molar-refractivity contribution in [1.29, 1.82) is 0 Å². The SMILES string of the molecule is O=C(Cn1nnc2ccccc21)C1CCCC1. The molecule has 0 atom stereocenters. The lowest BCUT2D eigenvalue weighted by molar-refractivity contribution is -0.123. The van der Waals surface area contributed by atoms with E-state index in [4.69, 9.17) is 0 Å². The predicted octanol–water partition coefficient (Wildman–Crippen LogP) is 2.19. The van der Waals surface area contributed by atoms with E-state index in [9.17, 15) is 4.79 Å². The zero-order valence-electron chi connectivity index (χ0n) is 9.67. The van der Waals surface area contributed by atoms with Gasteiger partial charge in [-0.1, -0.05) is 30.2 Å². The summed E-state index contributed by atoms with van der Waals surface area (Å²) in [5.41, 5.74) is 1.80. The van der Waals surface area contributed by atoms with Crippen LogP contribution in [0.15, 0.2) is 24.3 Å². The number of benzene rings is 1. The summed E-state index contributed by atoms with van der Waals surface area (Å²) in [4.78, 5) is 12.1. The van der Waals surface area contributed by atoms with Gasteiger partial charge >= 0.3 is 0 Å². The topological polar surface area (TPSA) is 47.8 Å². The molecule has 17 heavy (non-hydrogen) atoms. The van der Waals surface area contributed by atoms with E-state index in [-0.39, 0.29) is 5.92 Å². The van der Waals surface area contributed by atoms with Crippen molar-refractivity contribution in [2.45, 2.75) is 32.2 Å². The molecule has 0 amide bonds. The molecule has 1 heterocycles. The number of carbonyl (C=O) groups excluding carboxylic acids is 1. The fourth-order valence-corrected chi connectivity index (χ4v) is 2.56. The quantitative estimate of drug-likeness (QED) is 0.810. The maximum absolute atomic E-state index is 12.1. The fraction of sp³-hybridized carbons (Fsp3) is 0.462. The Kier molecular flexibility index (Phi) is 2.63. The second kappa shape index (κ2) is 4.28. The normalized spacial score (nSPS) is 16.7. The lowest BCUT2D eigenvalue weighted by Gasteiger charge is -2.07. The Morgan fingerprint density at radius 3 is 2.88 bits per heavy atom. The molecule has 4 heteroatoms. The van der Waals surface area contributed by atoms with Crippen molar-refractivity contribution in [3.8, 4) is 0 Å². The highest BCUT2D eigenvalue weighted by molar-refractivity contribution is 5.83. The standard InChI is InChI=1S/C13H15N3O/c17-13(10-5-1-2-6-10)9-16-12-8-4-3-7-11(12)14-15-16/h3-4,7-8,10H,1-2,5-6,9H2. The highest BCUT2D eigenvalue weighted by atomic mass is 16.1. The molecule has 0 N–H and O–H groups in total. The molecule has 0 radical (unpaired) electrons. The third-order valence-electron chi connectivity index (χ3n) is 3.54. The molecule has 1 aliphatic rings. The number of para-hydroxylation sites is 1. The van der Waals surface area contributed by atoms with Crippen LogP contribution in [-0.4, -0.2) is 20.8 Å². The van der Waals surface area contributed by atoms with Gasteiger partial charge in [0, 0.05) is 5.92 Å². The van der Waals surface area contributed by atoms with Gasteiger partial charge in [0.05, 0.1) is 5.52 Å².